The van der Waals surface area contributed by atoms with Crippen LogP contribution in [0.2, 0.25) is 5.02 Å². The maximum Gasteiger partial charge on any atom is 0.233 e. The third kappa shape index (κ3) is 4.87. The van der Waals surface area contributed by atoms with E-state index in [0.29, 0.717) is 35.1 Å². The fraction of sp³-hybridized carbons (Fsp3) is 0.609. The fourth-order valence-electron chi connectivity index (χ4n) is 4.95. The van der Waals surface area contributed by atoms with Crippen LogP contribution in [-0.2, 0) is 11.4 Å². The lowest BCUT2D eigenvalue weighted by Gasteiger charge is -2.41. The normalized spacial score (nSPS) is 23.5. The second kappa shape index (κ2) is 9.41. The highest BCUT2D eigenvalue weighted by Crippen LogP contribution is 2.40. The Morgan fingerprint density at radius 3 is 2.71 bits per heavy atom. The van der Waals surface area contributed by atoms with Crippen LogP contribution in [0.25, 0.3) is 0 Å². The topological polar surface area (TPSA) is 60.2 Å². The Labute approximate surface area is 192 Å². The number of hydrogen-bond donors (Lipinski definition) is 0. The summed E-state index contributed by atoms with van der Waals surface area (Å²) in [6.07, 6.45) is 8.73. The van der Waals surface area contributed by atoms with Crippen LogP contribution in [0, 0.1) is 11.8 Å². The van der Waals surface area contributed by atoms with Crippen molar-refractivity contribution in [3.63, 3.8) is 0 Å². The summed E-state index contributed by atoms with van der Waals surface area (Å²) in [7, 11) is 0. The molecule has 2 aliphatic carbocycles. The molecule has 31 heavy (non-hydrogen) atoms. The summed E-state index contributed by atoms with van der Waals surface area (Å²) < 4.78 is 8.04. The van der Waals surface area contributed by atoms with E-state index < -0.39 is 0 Å². The third-order valence-electron chi connectivity index (χ3n) is 6.81. The molecule has 1 saturated heterocycles. The zero-order valence-corrected chi connectivity index (χ0v) is 19.3. The van der Waals surface area contributed by atoms with Crippen molar-refractivity contribution in [1.29, 1.82) is 0 Å². The highest BCUT2D eigenvalue weighted by atomic mass is 35.5. The smallest absolute Gasteiger partial charge is 0.233 e. The molecule has 3 aliphatic rings. The van der Waals surface area contributed by atoms with Crippen molar-refractivity contribution >= 4 is 29.3 Å². The maximum atomic E-state index is 12.9. The number of benzene rings is 1. The highest BCUT2D eigenvalue weighted by molar-refractivity contribution is 7.99. The standard InChI is InChI=1S/C23H29ClN4O2S/c24-19-7-3-4-8-20(19)30-14-21-25-26-23(28(21)18-9-10-18)31-15-22(29)27-12-11-16-5-1-2-6-17(16)13-27/h3-4,7-8,16-18H,1-2,5-6,9-15H2. The molecule has 2 unspecified atom stereocenters. The van der Waals surface area contributed by atoms with Crippen molar-refractivity contribution in [3.8, 4) is 5.75 Å². The van der Waals surface area contributed by atoms with Gasteiger partial charge in [-0.2, -0.15) is 0 Å². The summed E-state index contributed by atoms with van der Waals surface area (Å²) in [5.41, 5.74) is 0. The number of piperidine rings is 1. The van der Waals surface area contributed by atoms with Crippen molar-refractivity contribution in [3.05, 3.63) is 35.1 Å². The molecule has 1 aromatic heterocycles. The van der Waals surface area contributed by atoms with Crippen LogP contribution in [-0.4, -0.2) is 44.4 Å². The van der Waals surface area contributed by atoms with E-state index in [-0.39, 0.29) is 5.91 Å². The number of thioether (sulfide) groups is 1. The van der Waals surface area contributed by atoms with Crippen LogP contribution >= 0.6 is 23.4 Å². The van der Waals surface area contributed by atoms with E-state index in [1.54, 1.807) is 0 Å². The lowest BCUT2D eigenvalue weighted by molar-refractivity contribution is -0.131. The Bertz CT molecular complexity index is 932. The number of fused-ring (bicyclic) bond motifs is 1. The molecule has 3 fully saturated rings. The summed E-state index contributed by atoms with van der Waals surface area (Å²) in [6, 6.07) is 7.85. The number of amides is 1. The first-order valence-corrected chi connectivity index (χ1v) is 12.8. The molecular formula is C23H29ClN4O2S. The molecule has 0 bridgehead atoms. The molecule has 1 aromatic carbocycles. The molecule has 0 N–H and O–H groups in total. The molecule has 2 heterocycles. The molecule has 2 atom stereocenters. The Balaban J connectivity index is 1.20. The van der Waals surface area contributed by atoms with Gasteiger partial charge in [-0.3, -0.25) is 9.36 Å². The Morgan fingerprint density at radius 2 is 1.90 bits per heavy atom. The van der Waals surface area contributed by atoms with Gasteiger partial charge in [-0.25, -0.2) is 0 Å². The van der Waals surface area contributed by atoms with Gasteiger partial charge < -0.3 is 9.64 Å². The Morgan fingerprint density at radius 1 is 1.10 bits per heavy atom. The lowest BCUT2D eigenvalue weighted by Crippen LogP contribution is -2.45. The first-order chi connectivity index (χ1) is 15.2. The number of ether oxygens (including phenoxy) is 1. The number of aromatic nitrogens is 3. The molecule has 1 amide bonds. The molecule has 2 aromatic rings. The van der Waals surface area contributed by atoms with Crippen LogP contribution in [0.1, 0.15) is 56.8 Å². The molecule has 5 rings (SSSR count). The maximum absolute atomic E-state index is 12.9. The lowest BCUT2D eigenvalue weighted by atomic mass is 9.75. The zero-order valence-electron chi connectivity index (χ0n) is 17.7. The highest BCUT2D eigenvalue weighted by Gasteiger charge is 2.34. The number of likely N-dealkylation sites (tertiary alicyclic amines) is 1. The molecule has 1 aliphatic heterocycles. The molecular weight excluding hydrogens is 432 g/mol. The van der Waals surface area contributed by atoms with Gasteiger partial charge in [0.25, 0.3) is 0 Å². The number of rotatable bonds is 7. The summed E-state index contributed by atoms with van der Waals surface area (Å²) in [5.74, 6) is 3.64. The Hall–Kier alpha value is -1.73. The fourth-order valence-corrected chi connectivity index (χ4v) is 6.07. The average Bonchev–Trinajstić information content (AvgIpc) is 3.56. The van der Waals surface area contributed by atoms with Crippen LogP contribution in [0.4, 0.5) is 0 Å². The third-order valence-corrected chi connectivity index (χ3v) is 8.05. The number of carbonyl (C=O) groups is 1. The van der Waals surface area contributed by atoms with Gasteiger partial charge >= 0.3 is 0 Å². The molecule has 0 radical (unpaired) electrons. The van der Waals surface area contributed by atoms with Crippen LogP contribution < -0.4 is 4.74 Å². The number of para-hydroxylation sites is 1. The van der Waals surface area contributed by atoms with Crippen molar-refractivity contribution in [2.24, 2.45) is 11.8 Å². The van der Waals surface area contributed by atoms with Gasteiger partial charge in [0.05, 0.1) is 10.8 Å². The van der Waals surface area contributed by atoms with Gasteiger partial charge in [-0.05, 0) is 49.7 Å². The van der Waals surface area contributed by atoms with Gasteiger partial charge in [0.2, 0.25) is 5.91 Å². The zero-order chi connectivity index (χ0) is 21.2. The monoisotopic (exact) mass is 460 g/mol. The first-order valence-electron chi connectivity index (χ1n) is 11.4. The summed E-state index contributed by atoms with van der Waals surface area (Å²) in [5, 5.41) is 10.2. The van der Waals surface area contributed by atoms with Crippen molar-refractivity contribution < 1.29 is 9.53 Å². The molecule has 166 valence electrons. The second-order valence-electron chi connectivity index (χ2n) is 8.94. The van der Waals surface area contributed by atoms with Gasteiger partial charge in [-0.15, -0.1) is 10.2 Å². The number of hydrogen-bond acceptors (Lipinski definition) is 5. The quantitative estimate of drug-likeness (QED) is 0.545. The molecule has 2 saturated carbocycles. The molecule has 8 heteroatoms. The van der Waals surface area contributed by atoms with Crippen LogP contribution in [0.15, 0.2) is 29.4 Å². The minimum absolute atomic E-state index is 0.230. The largest absolute Gasteiger partial charge is 0.484 e. The van der Waals surface area contributed by atoms with E-state index in [9.17, 15) is 4.79 Å². The van der Waals surface area contributed by atoms with E-state index in [4.69, 9.17) is 16.3 Å². The number of nitrogens with zero attached hydrogens (tertiary/aromatic N) is 4. The van der Waals surface area contributed by atoms with E-state index in [2.05, 4.69) is 19.7 Å². The SMILES string of the molecule is O=C(CSc1nnc(COc2ccccc2Cl)n1C1CC1)N1CCC2CCCCC2C1. The minimum Gasteiger partial charge on any atom is -0.484 e. The van der Waals surface area contributed by atoms with Crippen LogP contribution in [0.5, 0.6) is 5.75 Å². The van der Waals surface area contributed by atoms with E-state index in [1.807, 2.05) is 24.3 Å². The second-order valence-corrected chi connectivity index (χ2v) is 10.3. The minimum atomic E-state index is 0.230. The van der Waals surface area contributed by atoms with Crippen molar-refractivity contribution in [1.82, 2.24) is 19.7 Å². The van der Waals surface area contributed by atoms with Crippen molar-refractivity contribution in [2.75, 3.05) is 18.8 Å². The molecule has 0 spiro atoms. The predicted octanol–water partition coefficient (Wildman–Crippen LogP) is 4.98. The summed E-state index contributed by atoms with van der Waals surface area (Å²) in [4.78, 5) is 15.0. The summed E-state index contributed by atoms with van der Waals surface area (Å²) in [6.45, 7) is 2.17. The Kier molecular flexibility index (Phi) is 6.41. The van der Waals surface area contributed by atoms with Crippen LogP contribution in [0.3, 0.4) is 0 Å². The van der Waals surface area contributed by atoms with Gasteiger partial charge in [-0.1, -0.05) is 54.8 Å². The average molecular weight is 461 g/mol. The van der Waals surface area contributed by atoms with E-state index in [1.165, 1.54) is 43.9 Å². The first kappa shape index (κ1) is 21.1. The van der Waals surface area contributed by atoms with Gasteiger partial charge in [0, 0.05) is 19.1 Å². The molecule has 6 nitrogen and oxygen atoms in total. The van der Waals surface area contributed by atoms with E-state index >= 15 is 0 Å². The van der Waals surface area contributed by atoms with Gasteiger partial charge in [0.15, 0.2) is 11.0 Å². The van der Waals surface area contributed by atoms with Gasteiger partial charge in [0.1, 0.15) is 12.4 Å². The number of carbonyl (C=O) groups excluding carboxylic acids is 1. The number of halogens is 1. The predicted molar refractivity (Wildman–Crippen MR) is 121 cm³/mol. The van der Waals surface area contributed by atoms with E-state index in [0.717, 1.165) is 42.8 Å². The van der Waals surface area contributed by atoms with Crippen molar-refractivity contribution in [2.45, 2.75) is 62.8 Å². The summed E-state index contributed by atoms with van der Waals surface area (Å²) >= 11 is 7.71.